The van der Waals surface area contributed by atoms with E-state index in [2.05, 4.69) is 26.1 Å². The molecule has 20 heavy (non-hydrogen) atoms. The van der Waals surface area contributed by atoms with E-state index in [-0.39, 0.29) is 5.91 Å². The average molecular weight is 337 g/mol. The minimum Gasteiger partial charge on any atom is -0.348 e. The summed E-state index contributed by atoms with van der Waals surface area (Å²) in [5, 5.41) is 3.26. The molecule has 2 saturated heterocycles. The molecular formula is C16H21BrN2O. The zero-order valence-corrected chi connectivity index (χ0v) is 13.4. The molecule has 1 amide bonds. The fraction of sp³-hybridized carbons (Fsp3) is 0.562. The van der Waals surface area contributed by atoms with Crippen LogP contribution in [0.3, 0.4) is 0 Å². The highest BCUT2D eigenvalue weighted by molar-refractivity contribution is 9.10. The molecule has 0 spiro atoms. The Hall–Kier alpha value is -0.870. The van der Waals surface area contributed by atoms with Gasteiger partial charge in [-0.1, -0.05) is 28.4 Å². The van der Waals surface area contributed by atoms with Crippen LogP contribution < -0.4 is 5.32 Å². The first-order valence-corrected chi connectivity index (χ1v) is 8.25. The van der Waals surface area contributed by atoms with Gasteiger partial charge < -0.3 is 5.32 Å². The first kappa shape index (κ1) is 14.1. The lowest BCUT2D eigenvalue weighted by atomic mass is 9.98. The third kappa shape index (κ3) is 2.77. The van der Waals surface area contributed by atoms with Gasteiger partial charge in [-0.15, -0.1) is 0 Å². The van der Waals surface area contributed by atoms with Crippen molar-refractivity contribution in [1.29, 1.82) is 0 Å². The number of fused-ring (bicyclic) bond motifs is 1. The number of nitrogens with zero attached hydrogens (tertiary/aromatic N) is 1. The smallest absolute Gasteiger partial charge is 0.251 e. The SMILES string of the molecule is Cc1ccc(Br)cc1C(=O)NC1CCN2CCCCC12. The molecule has 2 atom stereocenters. The minimum absolute atomic E-state index is 0.0706. The van der Waals surface area contributed by atoms with Gasteiger partial charge in [0.1, 0.15) is 0 Å². The first-order valence-electron chi connectivity index (χ1n) is 7.46. The van der Waals surface area contributed by atoms with Crippen molar-refractivity contribution >= 4 is 21.8 Å². The zero-order valence-electron chi connectivity index (χ0n) is 11.9. The molecule has 4 heteroatoms. The Morgan fingerprint density at radius 3 is 3.00 bits per heavy atom. The lowest BCUT2D eigenvalue weighted by Crippen LogP contribution is -2.46. The standard InChI is InChI=1S/C16H21BrN2O/c1-11-5-6-12(17)10-13(11)16(20)18-14-7-9-19-8-3-2-4-15(14)19/h5-6,10,14-15H,2-4,7-9H2,1H3,(H,18,20). The van der Waals surface area contributed by atoms with Crippen molar-refractivity contribution in [3.05, 3.63) is 33.8 Å². The van der Waals surface area contributed by atoms with Gasteiger partial charge in [-0.05, 0) is 50.4 Å². The van der Waals surface area contributed by atoms with Crippen LogP contribution in [0.4, 0.5) is 0 Å². The van der Waals surface area contributed by atoms with Crippen LogP contribution in [0.2, 0.25) is 0 Å². The molecule has 108 valence electrons. The van der Waals surface area contributed by atoms with Crippen molar-refractivity contribution in [3.63, 3.8) is 0 Å². The Bertz CT molecular complexity index is 517. The second-order valence-electron chi connectivity index (χ2n) is 5.93. The number of hydrogen-bond acceptors (Lipinski definition) is 2. The normalized spacial score (nSPS) is 26.3. The molecule has 0 aromatic heterocycles. The largest absolute Gasteiger partial charge is 0.348 e. The highest BCUT2D eigenvalue weighted by Crippen LogP contribution is 2.27. The van der Waals surface area contributed by atoms with E-state index >= 15 is 0 Å². The molecule has 0 aliphatic carbocycles. The van der Waals surface area contributed by atoms with Crippen molar-refractivity contribution in [1.82, 2.24) is 10.2 Å². The van der Waals surface area contributed by atoms with E-state index < -0.39 is 0 Å². The lowest BCUT2D eigenvalue weighted by molar-refractivity contribution is 0.0914. The Morgan fingerprint density at radius 2 is 2.15 bits per heavy atom. The van der Waals surface area contributed by atoms with Gasteiger partial charge in [0.05, 0.1) is 0 Å². The highest BCUT2D eigenvalue weighted by Gasteiger charge is 2.36. The summed E-state index contributed by atoms with van der Waals surface area (Å²) in [5.41, 5.74) is 1.82. The molecule has 2 aliphatic heterocycles. The number of carbonyl (C=O) groups excluding carboxylic acids is 1. The second kappa shape index (κ2) is 5.86. The van der Waals surface area contributed by atoms with Crippen LogP contribution in [0.5, 0.6) is 0 Å². The second-order valence-corrected chi connectivity index (χ2v) is 6.84. The molecule has 1 N–H and O–H groups in total. The van der Waals surface area contributed by atoms with E-state index in [1.54, 1.807) is 0 Å². The van der Waals surface area contributed by atoms with E-state index in [0.717, 1.165) is 28.6 Å². The monoisotopic (exact) mass is 336 g/mol. The summed E-state index contributed by atoms with van der Waals surface area (Å²) in [6, 6.07) is 6.75. The number of amides is 1. The van der Waals surface area contributed by atoms with Crippen LogP contribution in [0.15, 0.2) is 22.7 Å². The summed E-state index contributed by atoms with van der Waals surface area (Å²) in [5.74, 6) is 0.0706. The van der Waals surface area contributed by atoms with E-state index in [9.17, 15) is 4.79 Å². The topological polar surface area (TPSA) is 32.3 Å². The van der Waals surface area contributed by atoms with Crippen molar-refractivity contribution in [2.75, 3.05) is 13.1 Å². The Labute approximate surface area is 128 Å². The summed E-state index contributed by atoms with van der Waals surface area (Å²) < 4.78 is 0.957. The molecule has 2 fully saturated rings. The fourth-order valence-corrected chi connectivity index (χ4v) is 3.86. The van der Waals surface area contributed by atoms with Crippen molar-refractivity contribution in [2.45, 2.75) is 44.7 Å². The number of piperidine rings is 1. The predicted molar refractivity (Wildman–Crippen MR) is 84.0 cm³/mol. The van der Waals surface area contributed by atoms with Crippen LogP contribution in [-0.4, -0.2) is 36.0 Å². The Morgan fingerprint density at radius 1 is 1.30 bits per heavy atom. The average Bonchev–Trinajstić information content (AvgIpc) is 2.85. The van der Waals surface area contributed by atoms with Gasteiger partial charge >= 0.3 is 0 Å². The Kier molecular flexibility index (Phi) is 4.13. The van der Waals surface area contributed by atoms with Crippen LogP contribution in [0.25, 0.3) is 0 Å². The molecule has 0 radical (unpaired) electrons. The number of hydrogen-bond donors (Lipinski definition) is 1. The molecular weight excluding hydrogens is 316 g/mol. The maximum Gasteiger partial charge on any atom is 0.251 e. The number of rotatable bonds is 2. The quantitative estimate of drug-likeness (QED) is 0.899. The molecule has 0 saturated carbocycles. The van der Waals surface area contributed by atoms with E-state index in [1.807, 2.05) is 25.1 Å². The van der Waals surface area contributed by atoms with Gasteiger partial charge in [0, 0.05) is 28.7 Å². The molecule has 2 heterocycles. The van der Waals surface area contributed by atoms with Crippen LogP contribution >= 0.6 is 15.9 Å². The van der Waals surface area contributed by atoms with Crippen LogP contribution in [0, 0.1) is 6.92 Å². The van der Waals surface area contributed by atoms with Gasteiger partial charge in [0.2, 0.25) is 0 Å². The van der Waals surface area contributed by atoms with E-state index in [4.69, 9.17) is 0 Å². The van der Waals surface area contributed by atoms with Gasteiger partial charge in [-0.25, -0.2) is 0 Å². The molecule has 3 rings (SSSR count). The fourth-order valence-electron chi connectivity index (χ4n) is 3.50. The van der Waals surface area contributed by atoms with Crippen molar-refractivity contribution < 1.29 is 4.79 Å². The summed E-state index contributed by atoms with van der Waals surface area (Å²) in [7, 11) is 0. The number of aryl methyl sites for hydroxylation is 1. The maximum absolute atomic E-state index is 12.5. The number of benzene rings is 1. The van der Waals surface area contributed by atoms with Gasteiger partial charge in [0.15, 0.2) is 0 Å². The number of halogens is 1. The zero-order chi connectivity index (χ0) is 14.1. The van der Waals surface area contributed by atoms with E-state index in [0.29, 0.717) is 12.1 Å². The Balaban J connectivity index is 1.71. The lowest BCUT2D eigenvalue weighted by Gasteiger charge is -2.32. The highest BCUT2D eigenvalue weighted by atomic mass is 79.9. The summed E-state index contributed by atoms with van der Waals surface area (Å²) >= 11 is 3.44. The third-order valence-electron chi connectivity index (χ3n) is 4.62. The van der Waals surface area contributed by atoms with E-state index in [1.165, 1.54) is 25.8 Å². The number of nitrogens with one attached hydrogen (secondary N) is 1. The molecule has 0 bridgehead atoms. The minimum atomic E-state index is 0.0706. The first-order chi connectivity index (χ1) is 9.65. The van der Waals surface area contributed by atoms with Crippen LogP contribution in [-0.2, 0) is 0 Å². The van der Waals surface area contributed by atoms with Gasteiger partial charge in [0.25, 0.3) is 5.91 Å². The molecule has 2 aliphatic rings. The van der Waals surface area contributed by atoms with Crippen molar-refractivity contribution in [2.24, 2.45) is 0 Å². The van der Waals surface area contributed by atoms with Crippen molar-refractivity contribution in [3.8, 4) is 0 Å². The third-order valence-corrected chi connectivity index (χ3v) is 5.11. The number of carbonyl (C=O) groups is 1. The molecule has 3 nitrogen and oxygen atoms in total. The molecule has 1 aromatic carbocycles. The predicted octanol–water partition coefficient (Wildman–Crippen LogP) is 3.11. The van der Waals surface area contributed by atoms with Crippen LogP contribution in [0.1, 0.15) is 41.6 Å². The molecule has 2 unspecified atom stereocenters. The molecule has 1 aromatic rings. The van der Waals surface area contributed by atoms with Gasteiger partial charge in [-0.2, -0.15) is 0 Å². The summed E-state index contributed by atoms with van der Waals surface area (Å²) in [6.07, 6.45) is 4.91. The summed E-state index contributed by atoms with van der Waals surface area (Å²) in [6.45, 7) is 4.32. The maximum atomic E-state index is 12.5. The summed E-state index contributed by atoms with van der Waals surface area (Å²) in [4.78, 5) is 15.0. The van der Waals surface area contributed by atoms with Gasteiger partial charge in [-0.3, -0.25) is 9.69 Å².